The first-order valence-electron chi connectivity index (χ1n) is 9.36. The Morgan fingerprint density at radius 2 is 1.68 bits per heavy atom. The summed E-state index contributed by atoms with van der Waals surface area (Å²) in [4.78, 5) is 38.7. The van der Waals surface area contributed by atoms with Crippen LogP contribution in [0.25, 0.3) is 0 Å². The number of benzene rings is 1. The summed E-state index contributed by atoms with van der Waals surface area (Å²) >= 11 is 6.99. The molecule has 0 radical (unpaired) electrons. The Morgan fingerprint density at radius 1 is 1.07 bits per heavy atom. The van der Waals surface area contributed by atoms with Crippen LogP contribution in [-0.2, 0) is 24.5 Å². The smallest absolute Gasteiger partial charge is 0.421 e. The molecule has 7 heteroatoms. The average Bonchev–Trinajstić information content (AvgIpc) is 2.90. The maximum atomic E-state index is 13.7. The molecule has 1 spiro atoms. The van der Waals surface area contributed by atoms with Crippen molar-refractivity contribution in [2.24, 2.45) is 0 Å². The van der Waals surface area contributed by atoms with Gasteiger partial charge in [-0.1, -0.05) is 29.3 Å². The lowest BCUT2D eigenvalue weighted by Gasteiger charge is -2.45. The number of alkyl halides is 1. The van der Waals surface area contributed by atoms with E-state index < -0.39 is 28.3 Å². The molecule has 0 unspecified atom stereocenters. The summed E-state index contributed by atoms with van der Waals surface area (Å²) in [5, 5.41) is 0. The van der Waals surface area contributed by atoms with Crippen LogP contribution in [0.4, 0.5) is 10.5 Å². The first-order chi connectivity index (χ1) is 13.2. The highest BCUT2D eigenvalue weighted by Crippen LogP contribution is 2.59. The number of para-hydroxylation sites is 1. The molecule has 28 heavy (non-hydrogen) atoms. The molecule has 2 aliphatic rings. The Morgan fingerprint density at radius 3 is 2.32 bits per heavy atom. The average molecular weight is 406 g/mol. The third-order valence-corrected chi connectivity index (χ3v) is 6.28. The van der Waals surface area contributed by atoms with E-state index >= 15 is 0 Å². The van der Waals surface area contributed by atoms with Crippen LogP contribution >= 0.6 is 11.6 Å². The van der Waals surface area contributed by atoms with Crippen molar-refractivity contribution in [1.29, 1.82) is 0 Å². The van der Waals surface area contributed by atoms with Gasteiger partial charge in [0.1, 0.15) is 5.41 Å². The molecule has 1 heterocycles. The number of amides is 2. The second-order valence-electron chi connectivity index (χ2n) is 7.20. The van der Waals surface area contributed by atoms with Gasteiger partial charge in [0.25, 0.3) is 0 Å². The lowest BCUT2D eigenvalue weighted by molar-refractivity contribution is -0.151. The standard InChI is InChI=1S/C21H24ClNO5/c1-5-27-18(25)21(22)12-14(4)13(3)11-20(21)15-9-7-8-10-16(15)23(17(20)24)19(26)28-6-2/h7-10H,5-6,11-12H2,1-4H3/t20-,21-/m0/s1. The molecule has 0 fully saturated rings. The Balaban J connectivity index is 2.28. The molecule has 0 saturated carbocycles. The number of anilines is 1. The van der Waals surface area contributed by atoms with Gasteiger partial charge in [-0.15, -0.1) is 11.6 Å². The molecule has 1 aliphatic carbocycles. The minimum Gasteiger partial charge on any atom is -0.465 e. The van der Waals surface area contributed by atoms with E-state index in [4.69, 9.17) is 21.1 Å². The van der Waals surface area contributed by atoms with Crippen LogP contribution in [0.15, 0.2) is 35.4 Å². The summed E-state index contributed by atoms with van der Waals surface area (Å²) in [5.74, 6) is -1.21. The number of hydrogen-bond donors (Lipinski definition) is 0. The van der Waals surface area contributed by atoms with E-state index in [1.54, 1.807) is 38.1 Å². The first-order valence-corrected chi connectivity index (χ1v) is 9.74. The summed E-state index contributed by atoms with van der Waals surface area (Å²) in [7, 11) is 0. The van der Waals surface area contributed by atoms with E-state index in [1.165, 1.54) is 0 Å². The second-order valence-corrected chi connectivity index (χ2v) is 7.84. The van der Waals surface area contributed by atoms with Crippen molar-refractivity contribution in [3.8, 4) is 0 Å². The van der Waals surface area contributed by atoms with Crippen molar-refractivity contribution >= 4 is 35.3 Å². The fourth-order valence-corrected chi connectivity index (χ4v) is 4.72. The number of esters is 1. The van der Waals surface area contributed by atoms with Crippen molar-refractivity contribution in [2.75, 3.05) is 18.1 Å². The van der Waals surface area contributed by atoms with E-state index in [2.05, 4.69) is 0 Å². The topological polar surface area (TPSA) is 72.9 Å². The van der Waals surface area contributed by atoms with Gasteiger partial charge in [0.15, 0.2) is 4.87 Å². The third-order valence-electron chi connectivity index (χ3n) is 5.67. The van der Waals surface area contributed by atoms with Crippen molar-refractivity contribution in [3.63, 3.8) is 0 Å². The number of imide groups is 1. The van der Waals surface area contributed by atoms with E-state index in [9.17, 15) is 14.4 Å². The van der Waals surface area contributed by atoms with Crippen LogP contribution in [0.5, 0.6) is 0 Å². The Kier molecular flexibility index (Phi) is 5.28. The summed E-state index contributed by atoms with van der Waals surface area (Å²) in [6.07, 6.45) is -0.383. The molecule has 150 valence electrons. The molecular weight excluding hydrogens is 382 g/mol. The summed E-state index contributed by atoms with van der Waals surface area (Å²) in [6.45, 7) is 7.44. The summed E-state index contributed by atoms with van der Waals surface area (Å²) in [5.41, 5.74) is 1.41. The van der Waals surface area contributed by atoms with Crippen LogP contribution < -0.4 is 4.90 Å². The first kappa shape index (κ1) is 20.4. The van der Waals surface area contributed by atoms with Crippen molar-refractivity contribution in [1.82, 2.24) is 0 Å². The Bertz CT molecular complexity index is 879. The van der Waals surface area contributed by atoms with Crippen LogP contribution in [0.1, 0.15) is 46.1 Å². The fourth-order valence-electron chi connectivity index (χ4n) is 4.22. The molecule has 0 N–H and O–H groups in total. The van der Waals surface area contributed by atoms with Gasteiger partial charge in [0, 0.05) is 0 Å². The lowest BCUT2D eigenvalue weighted by Crippen LogP contribution is -2.61. The summed E-state index contributed by atoms with van der Waals surface area (Å²) in [6, 6.07) is 6.92. The van der Waals surface area contributed by atoms with Crippen molar-refractivity contribution < 1.29 is 23.9 Å². The quantitative estimate of drug-likeness (QED) is 0.430. The molecule has 1 aromatic rings. The lowest BCUT2D eigenvalue weighted by atomic mass is 9.61. The van der Waals surface area contributed by atoms with Crippen LogP contribution in [0, 0.1) is 0 Å². The molecule has 6 nitrogen and oxygen atoms in total. The number of nitrogens with zero attached hydrogens (tertiary/aromatic N) is 1. The van der Waals surface area contributed by atoms with E-state index in [0.717, 1.165) is 16.0 Å². The molecule has 2 amide bonds. The second kappa shape index (κ2) is 7.24. The molecule has 3 rings (SSSR count). The molecule has 1 aliphatic heterocycles. The van der Waals surface area contributed by atoms with Gasteiger partial charge in [-0.3, -0.25) is 9.59 Å². The van der Waals surface area contributed by atoms with Crippen molar-refractivity contribution in [3.05, 3.63) is 41.0 Å². The van der Waals surface area contributed by atoms with Crippen molar-refractivity contribution in [2.45, 2.75) is 50.8 Å². The van der Waals surface area contributed by atoms with Crippen LogP contribution in [-0.4, -0.2) is 36.1 Å². The Labute approximate surface area is 169 Å². The van der Waals surface area contributed by atoms with E-state index in [0.29, 0.717) is 11.3 Å². The number of hydrogen-bond acceptors (Lipinski definition) is 5. The maximum absolute atomic E-state index is 13.7. The number of allylic oxidation sites excluding steroid dienone is 2. The molecular formula is C21H24ClNO5. The highest BCUT2D eigenvalue weighted by molar-refractivity contribution is 6.40. The molecule has 2 atom stereocenters. The number of carbonyl (C=O) groups excluding carboxylic acids is 3. The number of rotatable bonds is 3. The third kappa shape index (κ3) is 2.65. The highest BCUT2D eigenvalue weighted by Gasteiger charge is 2.69. The maximum Gasteiger partial charge on any atom is 0.421 e. The Hall–Kier alpha value is -2.34. The zero-order chi connectivity index (χ0) is 20.7. The minimum absolute atomic E-state index is 0.125. The fraction of sp³-hybridized carbons (Fsp3) is 0.476. The zero-order valence-corrected chi connectivity index (χ0v) is 17.3. The minimum atomic E-state index is -1.65. The van der Waals surface area contributed by atoms with Gasteiger partial charge < -0.3 is 9.47 Å². The van der Waals surface area contributed by atoms with Gasteiger partial charge in [0.2, 0.25) is 5.91 Å². The number of ether oxygens (including phenoxy) is 2. The van der Waals surface area contributed by atoms with Gasteiger partial charge >= 0.3 is 12.1 Å². The predicted molar refractivity (Wildman–Crippen MR) is 105 cm³/mol. The molecule has 0 aromatic heterocycles. The largest absolute Gasteiger partial charge is 0.465 e. The predicted octanol–water partition coefficient (Wildman–Crippen LogP) is 4.10. The van der Waals surface area contributed by atoms with Crippen LogP contribution in [0.3, 0.4) is 0 Å². The van der Waals surface area contributed by atoms with Crippen LogP contribution in [0.2, 0.25) is 0 Å². The molecule has 1 aromatic carbocycles. The van der Waals surface area contributed by atoms with E-state index in [1.807, 2.05) is 13.8 Å². The highest BCUT2D eigenvalue weighted by atomic mass is 35.5. The number of fused-ring (bicyclic) bond motifs is 2. The van der Waals surface area contributed by atoms with Gasteiger partial charge in [-0.2, -0.15) is 0 Å². The SMILES string of the molecule is CCOC(=O)N1C(=O)[C@]2(CC(C)=C(C)C[C@]2(Cl)C(=O)OCC)c2ccccc21. The van der Waals surface area contributed by atoms with Gasteiger partial charge in [-0.05, 0) is 52.2 Å². The molecule has 0 saturated heterocycles. The zero-order valence-electron chi connectivity index (χ0n) is 16.5. The molecule has 0 bridgehead atoms. The van der Waals surface area contributed by atoms with E-state index in [-0.39, 0.29) is 26.1 Å². The monoisotopic (exact) mass is 405 g/mol. The number of carbonyl (C=O) groups is 3. The number of halogens is 1. The normalized spacial score (nSPS) is 26.5. The van der Waals surface area contributed by atoms with Gasteiger partial charge in [0.05, 0.1) is 18.9 Å². The summed E-state index contributed by atoms with van der Waals surface area (Å²) < 4.78 is 10.4. The van der Waals surface area contributed by atoms with Gasteiger partial charge in [-0.25, -0.2) is 9.69 Å².